The molecule has 0 radical (unpaired) electrons. The lowest BCUT2D eigenvalue weighted by Gasteiger charge is -2.37. The van der Waals surface area contributed by atoms with Gasteiger partial charge in [0.05, 0.1) is 0 Å². The number of hydrogen-bond donors (Lipinski definition) is 1. The Kier molecular flexibility index (Phi) is 7.31. The Bertz CT molecular complexity index is 1230. The van der Waals surface area contributed by atoms with Crippen LogP contribution in [-0.4, -0.2) is 38.5 Å². The number of alkyl halides is 3. The molecular formula is C24H28F3NO6S. The van der Waals surface area contributed by atoms with Crippen LogP contribution in [0.3, 0.4) is 0 Å². The zero-order valence-electron chi connectivity index (χ0n) is 20.1. The number of esters is 1. The van der Waals surface area contributed by atoms with E-state index in [0.717, 1.165) is 28.0 Å². The predicted octanol–water partition coefficient (Wildman–Crippen LogP) is 5.00. The summed E-state index contributed by atoms with van der Waals surface area (Å²) in [5, 5.41) is 0. The summed E-state index contributed by atoms with van der Waals surface area (Å²) < 4.78 is 80.0. The molecule has 0 aliphatic carbocycles. The van der Waals surface area contributed by atoms with Gasteiger partial charge < -0.3 is 14.2 Å². The highest BCUT2D eigenvalue weighted by Crippen LogP contribution is 2.44. The predicted molar refractivity (Wildman–Crippen MR) is 125 cm³/mol. The van der Waals surface area contributed by atoms with E-state index in [0.29, 0.717) is 24.3 Å². The van der Waals surface area contributed by atoms with Gasteiger partial charge in [0.1, 0.15) is 29.5 Å². The third kappa shape index (κ3) is 6.59. The largest absolute Gasteiger partial charge is 0.489 e. The van der Waals surface area contributed by atoms with Gasteiger partial charge in [-0.05, 0) is 81.5 Å². The number of carbonyl (C=O) groups excluding carboxylic acids is 1. The van der Waals surface area contributed by atoms with Crippen LogP contribution in [-0.2, 0) is 21.2 Å². The molecule has 0 aromatic heterocycles. The zero-order valence-corrected chi connectivity index (χ0v) is 20.9. The van der Waals surface area contributed by atoms with E-state index < -0.39 is 27.6 Å². The molecular weight excluding hydrogens is 487 g/mol. The molecule has 7 nitrogen and oxygen atoms in total. The van der Waals surface area contributed by atoms with Crippen molar-refractivity contribution in [2.24, 2.45) is 0 Å². The fourth-order valence-electron chi connectivity index (χ4n) is 3.97. The van der Waals surface area contributed by atoms with Gasteiger partial charge in [-0.3, -0.25) is 9.52 Å². The lowest BCUT2D eigenvalue weighted by molar-refractivity contribution is -0.132. The van der Waals surface area contributed by atoms with Gasteiger partial charge in [-0.2, -0.15) is 13.2 Å². The van der Waals surface area contributed by atoms with Gasteiger partial charge >= 0.3 is 12.1 Å². The van der Waals surface area contributed by atoms with E-state index >= 15 is 0 Å². The minimum atomic E-state index is -4.83. The third-order valence-corrected chi connectivity index (χ3v) is 7.09. The molecule has 1 N–H and O–H groups in total. The van der Waals surface area contributed by atoms with Gasteiger partial charge in [-0.1, -0.05) is 0 Å². The van der Waals surface area contributed by atoms with Gasteiger partial charge in [0.25, 0.3) is 0 Å². The van der Waals surface area contributed by atoms with E-state index in [1.54, 1.807) is 0 Å². The molecule has 3 rings (SSSR count). The van der Waals surface area contributed by atoms with Crippen LogP contribution in [0.15, 0.2) is 24.3 Å². The van der Waals surface area contributed by atoms with E-state index in [4.69, 9.17) is 14.2 Å². The average Bonchev–Trinajstić information content (AvgIpc) is 2.72. The lowest BCUT2D eigenvalue weighted by Crippen LogP contribution is -2.42. The Labute approximate surface area is 202 Å². The molecule has 1 aliphatic heterocycles. The van der Waals surface area contributed by atoms with Crippen molar-refractivity contribution in [2.45, 2.75) is 59.2 Å². The molecule has 35 heavy (non-hydrogen) atoms. The number of hydrogen-bond acceptors (Lipinski definition) is 6. The molecule has 0 spiro atoms. The van der Waals surface area contributed by atoms with Crippen molar-refractivity contribution in [3.8, 4) is 17.2 Å². The summed E-state index contributed by atoms with van der Waals surface area (Å²) in [4.78, 5) is 11.5. The third-order valence-electron chi connectivity index (χ3n) is 5.83. The van der Waals surface area contributed by atoms with Crippen molar-refractivity contribution in [1.82, 2.24) is 0 Å². The number of sulfonamides is 1. The van der Waals surface area contributed by atoms with Gasteiger partial charge in [0.15, 0.2) is 5.75 Å². The second-order valence-electron chi connectivity index (χ2n) is 8.95. The number of halogens is 3. The normalized spacial score (nSPS) is 17.8. The summed E-state index contributed by atoms with van der Waals surface area (Å²) in [7, 11) is -4.56. The van der Waals surface area contributed by atoms with Gasteiger partial charge in [0, 0.05) is 18.2 Å². The van der Waals surface area contributed by atoms with Gasteiger partial charge in [-0.15, -0.1) is 0 Å². The highest BCUT2D eigenvalue weighted by molar-refractivity contribution is 7.92. The zero-order chi connectivity index (χ0) is 26.2. The molecule has 1 heterocycles. The molecule has 0 bridgehead atoms. The van der Waals surface area contributed by atoms with Crippen LogP contribution in [0.1, 0.15) is 42.5 Å². The highest BCUT2D eigenvalue weighted by Gasteiger charge is 2.36. The van der Waals surface area contributed by atoms with E-state index in [1.807, 2.05) is 32.4 Å². The molecule has 1 atom stereocenters. The van der Waals surface area contributed by atoms with E-state index in [1.165, 1.54) is 31.2 Å². The van der Waals surface area contributed by atoms with Crippen LogP contribution >= 0.6 is 0 Å². The van der Waals surface area contributed by atoms with Gasteiger partial charge in [0.2, 0.25) is 10.0 Å². The highest BCUT2D eigenvalue weighted by atomic mass is 32.2. The maximum absolute atomic E-state index is 12.4. The quantitative estimate of drug-likeness (QED) is 0.412. The molecule has 192 valence electrons. The first-order valence-electron chi connectivity index (χ1n) is 10.9. The van der Waals surface area contributed by atoms with Crippen molar-refractivity contribution >= 4 is 21.7 Å². The molecule has 0 fully saturated rings. The summed E-state index contributed by atoms with van der Waals surface area (Å²) in [6.07, 6.45) is -3.51. The summed E-state index contributed by atoms with van der Waals surface area (Å²) >= 11 is 0. The fourth-order valence-corrected chi connectivity index (χ4v) is 4.96. The Balaban J connectivity index is 1.69. The lowest BCUT2D eigenvalue weighted by atomic mass is 9.87. The monoisotopic (exact) mass is 515 g/mol. The van der Waals surface area contributed by atoms with Crippen molar-refractivity contribution in [1.29, 1.82) is 0 Å². The van der Waals surface area contributed by atoms with Crippen molar-refractivity contribution in [3.63, 3.8) is 0 Å². The Morgan fingerprint density at radius 1 is 1.11 bits per heavy atom. The van der Waals surface area contributed by atoms with E-state index in [2.05, 4.69) is 0 Å². The number of ether oxygens (including phenoxy) is 3. The molecule has 0 saturated carbocycles. The number of anilines is 1. The molecule has 2 aromatic carbocycles. The molecule has 1 aliphatic rings. The summed E-state index contributed by atoms with van der Waals surface area (Å²) in [6, 6.07) is 5.60. The standard InChI is InChI=1S/C24H28F3NO6S/c1-14-15(2)22-20(16(3)21(14)33-17(4)29)10-11-23(5,34-22)12-32-19-8-6-18(7-9-19)28-35(30,31)13-24(25,26)27/h6-9,28H,10-13H2,1-5H3. The summed E-state index contributed by atoms with van der Waals surface area (Å²) in [6.45, 7) is 9.15. The van der Waals surface area contributed by atoms with Crippen LogP contribution in [0.2, 0.25) is 0 Å². The van der Waals surface area contributed by atoms with Crippen molar-refractivity contribution in [2.75, 3.05) is 17.1 Å². The Morgan fingerprint density at radius 2 is 1.74 bits per heavy atom. The summed E-state index contributed by atoms with van der Waals surface area (Å²) in [5.74, 6) is -0.639. The van der Waals surface area contributed by atoms with Crippen LogP contribution in [0.25, 0.3) is 0 Å². The minimum absolute atomic E-state index is 0.000754. The maximum atomic E-state index is 12.4. The Hall–Kier alpha value is -2.95. The van der Waals surface area contributed by atoms with Crippen molar-refractivity contribution < 1.29 is 40.6 Å². The average molecular weight is 516 g/mol. The van der Waals surface area contributed by atoms with Crippen molar-refractivity contribution in [3.05, 3.63) is 46.5 Å². The van der Waals surface area contributed by atoms with Crippen LogP contribution in [0, 0.1) is 20.8 Å². The maximum Gasteiger partial charge on any atom is 0.404 e. The SMILES string of the molecule is CC(=O)Oc1c(C)c(C)c2c(c1C)CCC(C)(COc1ccc(NS(=O)(=O)CC(F)(F)F)cc1)O2. The topological polar surface area (TPSA) is 90.9 Å². The molecule has 1 unspecified atom stereocenters. The number of nitrogens with one attached hydrogen (secondary N) is 1. The van der Waals surface area contributed by atoms with Crippen LogP contribution in [0.5, 0.6) is 17.2 Å². The van der Waals surface area contributed by atoms with Crippen LogP contribution in [0.4, 0.5) is 18.9 Å². The number of benzene rings is 2. The van der Waals surface area contributed by atoms with E-state index in [-0.39, 0.29) is 18.3 Å². The fraction of sp³-hybridized carbons (Fsp3) is 0.458. The minimum Gasteiger partial charge on any atom is -0.489 e. The number of rotatable bonds is 7. The summed E-state index contributed by atoms with van der Waals surface area (Å²) in [5.41, 5.74) is 2.89. The second-order valence-corrected chi connectivity index (χ2v) is 10.7. The first-order valence-corrected chi connectivity index (χ1v) is 12.5. The van der Waals surface area contributed by atoms with Gasteiger partial charge in [-0.25, -0.2) is 8.42 Å². The number of carbonyl (C=O) groups is 1. The first-order chi connectivity index (χ1) is 16.1. The molecule has 11 heteroatoms. The molecule has 0 amide bonds. The van der Waals surface area contributed by atoms with Crippen LogP contribution < -0.4 is 18.9 Å². The number of fused-ring (bicyclic) bond motifs is 1. The molecule has 0 saturated heterocycles. The second kappa shape index (κ2) is 9.60. The molecule has 2 aromatic rings. The first kappa shape index (κ1) is 26.7. The Morgan fingerprint density at radius 3 is 2.31 bits per heavy atom. The smallest absolute Gasteiger partial charge is 0.404 e. The van der Waals surface area contributed by atoms with E-state index in [9.17, 15) is 26.4 Å².